The van der Waals surface area contributed by atoms with Crippen LogP contribution in [0.5, 0.6) is 0 Å². The van der Waals surface area contributed by atoms with Gasteiger partial charge in [0.15, 0.2) is 0 Å². The molecule has 106 valence electrons. The Morgan fingerprint density at radius 2 is 2.11 bits per heavy atom. The predicted octanol–water partition coefficient (Wildman–Crippen LogP) is 2.60. The Morgan fingerprint density at radius 3 is 2.68 bits per heavy atom. The lowest BCUT2D eigenvalue weighted by Gasteiger charge is -2.16. The monoisotopic (exact) mass is 267 g/mol. The number of aliphatic hydroxyl groups excluding tert-OH is 1. The summed E-state index contributed by atoms with van der Waals surface area (Å²) in [5.41, 5.74) is 1.10. The Hall–Kier alpha value is -1.82. The molecule has 0 aliphatic carbocycles. The smallest absolute Gasteiger partial charge is 0.315 e. The molecule has 0 heterocycles. The second-order valence-electron chi connectivity index (χ2n) is 4.40. The zero-order chi connectivity index (χ0) is 14.3. The maximum atomic E-state index is 11.2. The van der Waals surface area contributed by atoms with Crippen LogP contribution < -0.4 is 10.6 Å². The molecule has 19 heavy (non-hydrogen) atoms. The molecule has 0 amide bonds. The maximum absolute atomic E-state index is 11.2. The fourth-order valence-corrected chi connectivity index (χ4v) is 1.92. The number of nitro groups is 1. The highest BCUT2D eigenvalue weighted by molar-refractivity contribution is 5.76. The van der Waals surface area contributed by atoms with Crippen molar-refractivity contribution < 1.29 is 10.0 Å². The van der Waals surface area contributed by atoms with Crippen LogP contribution in [0, 0.1) is 10.1 Å². The number of anilines is 2. The first kappa shape index (κ1) is 15.2. The number of benzene rings is 1. The fraction of sp³-hybridized carbons (Fsp3) is 0.538. The topological polar surface area (TPSA) is 87.4 Å². The first-order valence-electron chi connectivity index (χ1n) is 6.48. The first-order chi connectivity index (χ1) is 9.10. The maximum Gasteiger partial charge on any atom is 0.315 e. The summed E-state index contributed by atoms with van der Waals surface area (Å²) in [7, 11) is 0. The Bertz CT molecular complexity index is 424. The van der Waals surface area contributed by atoms with Crippen molar-refractivity contribution in [2.45, 2.75) is 32.7 Å². The van der Waals surface area contributed by atoms with Gasteiger partial charge in [0.1, 0.15) is 11.4 Å². The third-order valence-corrected chi connectivity index (χ3v) is 2.78. The molecule has 0 aromatic heterocycles. The highest BCUT2D eigenvalue weighted by atomic mass is 16.6. The second kappa shape index (κ2) is 7.58. The van der Waals surface area contributed by atoms with E-state index < -0.39 is 0 Å². The van der Waals surface area contributed by atoms with E-state index in [1.165, 1.54) is 0 Å². The van der Waals surface area contributed by atoms with Crippen molar-refractivity contribution >= 4 is 17.1 Å². The fourth-order valence-electron chi connectivity index (χ4n) is 1.92. The normalized spacial score (nSPS) is 11.9. The quantitative estimate of drug-likeness (QED) is 0.498. The van der Waals surface area contributed by atoms with Crippen LogP contribution in [0.15, 0.2) is 18.2 Å². The van der Waals surface area contributed by atoms with Crippen LogP contribution in [-0.2, 0) is 0 Å². The SMILES string of the molecule is CCNc1cccc(NC(C)CCCO)c1[N+](=O)[O-]. The molecule has 6 nitrogen and oxygen atoms in total. The molecule has 0 bridgehead atoms. The third kappa shape index (κ3) is 4.40. The van der Waals surface area contributed by atoms with Gasteiger partial charge in [0.25, 0.3) is 0 Å². The van der Waals surface area contributed by atoms with Gasteiger partial charge in [-0.3, -0.25) is 10.1 Å². The van der Waals surface area contributed by atoms with Gasteiger partial charge in [0.2, 0.25) is 0 Å². The van der Waals surface area contributed by atoms with E-state index in [0.29, 0.717) is 24.3 Å². The Balaban J connectivity index is 2.93. The highest BCUT2D eigenvalue weighted by Gasteiger charge is 2.20. The molecule has 1 aromatic rings. The summed E-state index contributed by atoms with van der Waals surface area (Å²) < 4.78 is 0. The molecule has 1 aromatic carbocycles. The lowest BCUT2D eigenvalue weighted by molar-refractivity contribution is -0.383. The molecular weight excluding hydrogens is 246 g/mol. The van der Waals surface area contributed by atoms with Gasteiger partial charge >= 0.3 is 5.69 Å². The largest absolute Gasteiger partial charge is 0.396 e. The van der Waals surface area contributed by atoms with Gasteiger partial charge in [0.05, 0.1) is 4.92 Å². The first-order valence-corrected chi connectivity index (χ1v) is 6.48. The average Bonchev–Trinajstić information content (AvgIpc) is 2.36. The highest BCUT2D eigenvalue weighted by Crippen LogP contribution is 2.33. The van der Waals surface area contributed by atoms with Gasteiger partial charge in [-0.1, -0.05) is 6.07 Å². The number of hydrogen-bond acceptors (Lipinski definition) is 5. The molecule has 0 aliphatic rings. The van der Waals surface area contributed by atoms with Crippen LogP contribution in [0.25, 0.3) is 0 Å². The zero-order valence-corrected chi connectivity index (χ0v) is 11.3. The van der Waals surface area contributed by atoms with Crippen LogP contribution in [0.3, 0.4) is 0 Å². The summed E-state index contributed by atoms with van der Waals surface area (Å²) in [5, 5.41) is 26.1. The minimum atomic E-state index is -0.376. The Morgan fingerprint density at radius 1 is 1.42 bits per heavy atom. The van der Waals surface area contributed by atoms with Crippen molar-refractivity contribution in [3.8, 4) is 0 Å². The molecule has 1 unspecified atom stereocenters. The van der Waals surface area contributed by atoms with Crippen molar-refractivity contribution in [2.75, 3.05) is 23.8 Å². The number of rotatable bonds is 8. The number of hydrogen-bond donors (Lipinski definition) is 3. The van der Waals surface area contributed by atoms with E-state index in [-0.39, 0.29) is 23.3 Å². The van der Waals surface area contributed by atoms with Crippen LogP contribution in [0.4, 0.5) is 17.1 Å². The van der Waals surface area contributed by atoms with Crippen LogP contribution in [0.1, 0.15) is 26.7 Å². The molecule has 1 atom stereocenters. The van der Waals surface area contributed by atoms with E-state index in [2.05, 4.69) is 10.6 Å². The summed E-state index contributed by atoms with van der Waals surface area (Å²) in [6, 6.07) is 5.26. The van der Waals surface area contributed by atoms with Gasteiger partial charge in [-0.25, -0.2) is 0 Å². The summed E-state index contributed by atoms with van der Waals surface area (Å²) in [5.74, 6) is 0. The van der Waals surface area contributed by atoms with Gasteiger partial charge in [-0.15, -0.1) is 0 Å². The molecule has 1 rings (SSSR count). The number of nitro benzene ring substituents is 1. The number of nitrogens with zero attached hydrogens (tertiary/aromatic N) is 1. The molecule has 6 heteroatoms. The van der Waals surface area contributed by atoms with Crippen molar-refractivity contribution in [3.63, 3.8) is 0 Å². The number of nitrogens with one attached hydrogen (secondary N) is 2. The van der Waals surface area contributed by atoms with E-state index >= 15 is 0 Å². The Labute approximate surface area is 113 Å². The molecule has 0 aliphatic heterocycles. The summed E-state index contributed by atoms with van der Waals surface area (Å²) in [6.45, 7) is 4.60. The van der Waals surface area contributed by atoms with Gasteiger partial charge in [0, 0.05) is 19.2 Å². The molecule has 3 N–H and O–H groups in total. The number of aliphatic hydroxyl groups is 1. The average molecular weight is 267 g/mol. The van der Waals surface area contributed by atoms with Crippen molar-refractivity contribution in [1.82, 2.24) is 0 Å². The molecule has 0 saturated carbocycles. The number of para-hydroxylation sites is 1. The molecule has 0 fully saturated rings. The second-order valence-corrected chi connectivity index (χ2v) is 4.40. The standard InChI is InChI=1S/C13H21N3O3/c1-3-14-11-7-4-8-12(13(11)16(18)19)15-10(2)6-5-9-17/h4,7-8,10,14-15,17H,3,5-6,9H2,1-2H3. The van der Waals surface area contributed by atoms with E-state index in [0.717, 1.165) is 6.42 Å². The van der Waals surface area contributed by atoms with E-state index in [4.69, 9.17) is 5.11 Å². The minimum Gasteiger partial charge on any atom is -0.396 e. The van der Waals surface area contributed by atoms with Crippen molar-refractivity contribution in [3.05, 3.63) is 28.3 Å². The van der Waals surface area contributed by atoms with Crippen LogP contribution >= 0.6 is 0 Å². The molecule has 0 saturated heterocycles. The van der Waals surface area contributed by atoms with Crippen molar-refractivity contribution in [1.29, 1.82) is 0 Å². The molecule has 0 spiro atoms. The van der Waals surface area contributed by atoms with Crippen LogP contribution in [-0.4, -0.2) is 29.2 Å². The molecule has 0 radical (unpaired) electrons. The Kier molecular flexibility index (Phi) is 6.08. The lowest BCUT2D eigenvalue weighted by Crippen LogP contribution is -2.17. The predicted molar refractivity (Wildman–Crippen MR) is 76.7 cm³/mol. The zero-order valence-electron chi connectivity index (χ0n) is 11.3. The van der Waals surface area contributed by atoms with Crippen molar-refractivity contribution in [2.24, 2.45) is 0 Å². The third-order valence-electron chi connectivity index (χ3n) is 2.78. The minimum absolute atomic E-state index is 0.0696. The van der Waals surface area contributed by atoms with Gasteiger partial charge in [-0.2, -0.15) is 0 Å². The van der Waals surface area contributed by atoms with Crippen LogP contribution in [0.2, 0.25) is 0 Å². The lowest BCUT2D eigenvalue weighted by atomic mass is 10.1. The summed E-state index contributed by atoms with van der Waals surface area (Å²) in [6.07, 6.45) is 1.44. The van der Waals surface area contributed by atoms with Gasteiger partial charge in [-0.05, 0) is 38.8 Å². The molecular formula is C13H21N3O3. The summed E-state index contributed by atoms with van der Waals surface area (Å²) >= 11 is 0. The van der Waals surface area contributed by atoms with E-state index in [1.807, 2.05) is 13.8 Å². The summed E-state index contributed by atoms with van der Waals surface area (Å²) in [4.78, 5) is 10.8. The van der Waals surface area contributed by atoms with Gasteiger partial charge < -0.3 is 15.7 Å². The van der Waals surface area contributed by atoms with E-state index in [1.54, 1.807) is 18.2 Å². The van der Waals surface area contributed by atoms with E-state index in [9.17, 15) is 10.1 Å².